The van der Waals surface area contributed by atoms with Crippen molar-refractivity contribution in [3.8, 4) is 5.75 Å². The van der Waals surface area contributed by atoms with Crippen molar-refractivity contribution in [1.82, 2.24) is 10.2 Å². The minimum Gasteiger partial charge on any atom is -0.488 e. The highest BCUT2D eigenvalue weighted by Gasteiger charge is 2.35. The summed E-state index contributed by atoms with van der Waals surface area (Å²) in [5.41, 5.74) is 1.34. The standard InChI is InChI=1S/C20H16Cl2N2O5/c1-28-18(25)10-24-19(26)16(23-20(24)27)8-12-4-2-3-5-17(12)29-11-13-6-7-14(21)9-15(13)22/h2-9H,10-11H2,1H3,(H,23,27). The van der Waals surface area contributed by atoms with Gasteiger partial charge in [-0.3, -0.25) is 9.59 Å². The first-order valence-corrected chi connectivity index (χ1v) is 9.21. The lowest BCUT2D eigenvalue weighted by atomic mass is 10.1. The van der Waals surface area contributed by atoms with Gasteiger partial charge in [-0.1, -0.05) is 47.5 Å². The summed E-state index contributed by atoms with van der Waals surface area (Å²) in [6.07, 6.45) is 1.48. The number of esters is 1. The van der Waals surface area contributed by atoms with Crippen molar-refractivity contribution in [1.29, 1.82) is 0 Å². The van der Waals surface area contributed by atoms with Gasteiger partial charge in [0.05, 0.1) is 7.11 Å². The highest BCUT2D eigenvalue weighted by Crippen LogP contribution is 2.26. The van der Waals surface area contributed by atoms with Crippen LogP contribution >= 0.6 is 23.2 Å². The summed E-state index contributed by atoms with van der Waals surface area (Å²) >= 11 is 12.1. The number of methoxy groups -OCH3 is 1. The summed E-state index contributed by atoms with van der Waals surface area (Å²) in [5, 5.41) is 3.45. The Morgan fingerprint density at radius 1 is 1.17 bits per heavy atom. The summed E-state index contributed by atoms with van der Waals surface area (Å²) in [7, 11) is 1.18. The van der Waals surface area contributed by atoms with E-state index in [9.17, 15) is 14.4 Å². The maximum Gasteiger partial charge on any atom is 0.329 e. The third kappa shape index (κ3) is 4.88. The second-order valence-electron chi connectivity index (χ2n) is 6.02. The average Bonchev–Trinajstić information content (AvgIpc) is 2.95. The Hall–Kier alpha value is -3.03. The number of ether oxygens (including phenoxy) is 2. The van der Waals surface area contributed by atoms with E-state index in [0.29, 0.717) is 21.4 Å². The second kappa shape index (κ2) is 8.98. The highest BCUT2D eigenvalue weighted by atomic mass is 35.5. The Kier molecular flexibility index (Phi) is 6.41. The number of benzene rings is 2. The van der Waals surface area contributed by atoms with Gasteiger partial charge in [-0.25, -0.2) is 9.69 Å². The molecule has 3 amide bonds. The Balaban J connectivity index is 1.79. The maximum atomic E-state index is 12.4. The number of nitrogens with zero attached hydrogens (tertiary/aromatic N) is 1. The van der Waals surface area contributed by atoms with Crippen LogP contribution in [0.3, 0.4) is 0 Å². The number of halogens is 2. The van der Waals surface area contributed by atoms with E-state index in [1.807, 2.05) is 0 Å². The quantitative estimate of drug-likeness (QED) is 0.426. The molecular formula is C20H16Cl2N2O5. The van der Waals surface area contributed by atoms with Crippen molar-refractivity contribution >= 4 is 47.2 Å². The Bertz CT molecular complexity index is 1010. The first kappa shape index (κ1) is 20.7. The fourth-order valence-electron chi connectivity index (χ4n) is 2.59. The number of hydrogen-bond acceptors (Lipinski definition) is 5. The van der Waals surface area contributed by atoms with E-state index < -0.39 is 24.5 Å². The molecule has 1 fully saturated rings. The molecule has 0 radical (unpaired) electrons. The minimum absolute atomic E-state index is 0.0273. The minimum atomic E-state index is -0.696. The van der Waals surface area contributed by atoms with Gasteiger partial charge in [0.2, 0.25) is 0 Å². The fraction of sp³-hybridized carbons (Fsp3) is 0.150. The van der Waals surface area contributed by atoms with Gasteiger partial charge in [-0.05, 0) is 24.3 Å². The van der Waals surface area contributed by atoms with Gasteiger partial charge in [-0.15, -0.1) is 0 Å². The van der Waals surface area contributed by atoms with Gasteiger partial charge >= 0.3 is 12.0 Å². The van der Waals surface area contributed by atoms with E-state index in [0.717, 1.165) is 10.5 Å². The van der Waals surface area contributed by atoms with E-state index in [-0.39, 0.29) is 12.3 Å². The van der Waals surface area contributed by atoms with E-state index in [1.165, 1.54) is 13.2 Å². The summed E-state index contributed by atoms with van der Waals surface area (Å²) in [5.74, 6) is -0.839. The third-order valence-corrected chi connectivity index (χ3v) is 4.68. The van der Waals surface area contributed by atoms with Crippen LogP contribution in [0.1, 0.15) is 11.1 Å². The molecule has 0 aliphatic carbocycles. The first-order chi connectivity index (χ1) is 13.9. The van der Waals surface area contributed by atoms with Crippen LogP contribution in [-0.4, -0.2) is 36.5 Å². The lowest BCUT2D eigenvalue weighted by Crippen LogP contribution is -2.36. The SMILES string of the molecule is COC(=O)CN1C(=O)NC(=Cc2ccccc2OCc2ccc(Cl)cc2Cl)C1=O. The van der Waals surface area contributed by atoms with E-state index in [4.69, 9.17) is 27.9 Å². The molecule has 3 rings (SSSR count). The number of carbonyl (C=O) groups excluding carboxylic acids is 3. The molecule has 150 valence electrons. The molecule has 1 aliphatic heterocycles. The molecule has 2 aromatic carbocycles. The molecule has 0 aromatic heterocycles. The molecule has 1 heterocycles. The van der Waals surface area contributed by atoms with Crippen LogP contribution in [0.5, 0.6) is 5.75 Å². The summed E-state index contributed by atoms with van der Waals surface area (Å²) in [6, 6.07) is 11.4. The molecule has 9 heteroatoms. The lowest BCUT2D eigenvalue weighted by Gasteiger charge is -2.11. The fourth-order valence-corrected chi connectivity index (χ4v) is 3.05. The molecule has 1 aliphatic rings. The predicted octanol–water partition coefficient (Wildman–Crippen LogP) is 3.64. The number of amides is 3. The molecule has 1 saturated heterocycles. The molecule has 0 bridgehead atoms. The van der Waals surface area contributed by atoms with Crippen molar-refractivity contribution in [3.63, 3.8) is 0 Å². The summed E-state index contributed by atoms with van der Waals surface area (Å²) < 4.78 is 10.3. The van der Waals surface area contributed by atoms with E-state index >= 15 is 0 Å². The molecule has 0 spiro atoms. The van der Waals surface area contributed by atoms with Crippen molar-refractivity contribution < 1.29 is 23.9 Å². The van der Waals surface area contributed by atoms with Crippen molar-refractivity contribution in [2.24, 2.45) is 0 Å². The number of para-hydroxylation sites is 1. The number of imide groups is 1. The van der Waals surface area contributed by atoms with Crippen LogP contribution in [-0.2, 0) is 20.9 Å². The highest BCUT2D eigenvalue weighted by molar-refractivity contribution is 6.35. The second-order valence-corrected chi connectivity index (χ2v) is 6.86. The zero-order valence-corrected chi connectivity index (χ0v) is 16.8. The van der Waals surface area contributed by atoms with Gasteiger partial charge in [0.15, 0.2) is 0 Å². The van der Waals surface area contributed by atoms with Crippen LogP contribution in [0.15, 0.2) is 48.2 Å². The number of urea groups is 1. The average molecular weight is 435 g/mol. The molecule has 2 aromatic rings. The monoisotopic (exact) mass is 434 g/mol. The lowest BCUT2D eigenvalue weighted by molar-refractivity contribution is -0.143. The van der Waals surface area contributed by atoms with Crippen LogP contribution in [0, 0.1) is 0 Å². The largest absolute Gasteiger partial charge is 0.488 e. The molecule has 1 N–H and O–H groups in total. The molecule has 0 unspecified atom stereocenters. The molecular weight excluding hydrogens is 419 g/mol. The van der Waals surface area contributed by atoms with Gasteiger partial charge in [-0.2, -0.15) is 0 Å². The van der Waals surface area contributed by atoms with Crippen LogP contribution in [0.25, 0.3) is 6.08 Å². The Labute approximate surface area is 176 Å². The van der Waals surface area contributed by atoms with Gasteiger partial charge in [0, 0.05) is 21.2 Å². The van der Waals surface area contributed by atoms with E-state index in [1.54, 1.807) is 42.5 Å². The first-order valence-electron chi connectivity index (χ1n) is 8.46. The Morgan fingerprint density at radius 2 is 1.93 bits per heavy atom. The van der Waals surface area contributed by atoms with Gasteiger partial charge in [0.25, 0.3) is 5.91 Å². The van der Waals surface area contributed by atoms with E-state index in [2.05, 4.69) is 10.1 Å². The zero-order valence-electron chi connectivity index (χ0n) is 15.3. The molecule has 0 saturated carbocycles. The number of rotatable bonds is 6. The number of nitrogens with one attached hydrogen (secondary N) is 1. The summed E-state index contributed by atoms with van der Waals surface area (Å²) in [4.78, 5) is 36.6. The molecule has 0 atom stereocenters. The zero-order chi connectivity index (χ0) is 21.0. The van der Waals surface area contributed by atoms with Crippen molar-refractivity contribution in [2.45, 2.75) is 6.61 Å². The van der Waals surface area contributed by atoms with Gasteiger partial charge < -0.3 is 14.8 Å². The number of hydrogen-bond donors (Lipinski definition) is 1. The topological polar surface area (TPSA) is 84.9 Å². The van der Waals surface area contributed by atoms with Gasteiger partial charge in [0.1, 0.15) is 24.6 Å². The molecule has 29 heavy (non-hydrogen) atoms. The summed E-state index contributed by atoms with van der Waals surface area (Å²) in [6.45, 7) is -0.281. The number of carbonyl (C=O) groups is 3. The van der Waals surface area contributed by atoms with Crippen LogP contribution in [0.2, 0.25) is 10.0 Å². The normalized spacial score (nSPS) is 14.9. The predicted molar refractivity (Wildman–Crippen MR) is 107 cm³/mol. The van der Waals surface area contributed by atoms with Crippen molar-refractivity contribution in [3.05, 3.63) is 69.3 Å². The maximum absolute atomic E-state index is 12.4. The van der Waals surface area contributed by atoms with Crippen molar-refractivity contribution in [2.75, 3.05) is 13.7 Å². The Morgan fingerprint density at radius 3 is 2.66 bits per heavy atom. The third-order valence-electron chi connectivity index (χ3n) is 4.09. The van der Waals surface area contributed by atoms with Crippen LogP contribution < -0.4 is 10.1 Å². The van der Waals surface area contributed by atoms with Crippen LogP contribution in [0.4, 0.5) is 4.79 Å². The smallest absolute Gasteiger partial charge is 0.329 e. The molecule has 7 nitrogen and oxygen atoms in total.